The third-order valence-corrected chi connectivity index (χ3v) is 2.88. The largest absolute Gasteiger partial charge is 0.323 e. The Morgan fingerprint density at radius 1 is 1.70 bits per heavy atom. The van der Waals surface area contributed by atoms with E-state index in [2.05, 4.69) is 37.9 Å². The highest BCUT2D eigenvalue weighted by Gasteiger charge is 2.21. The van der Waals surface area contributed by atoms with Crippen LogP contribution in [-0.4, -0.2) is 2.78 Å². The van der Waals surface area contributed by atoms with Gasteiger partial charge in [-0.15, -0.1) is 0 Å². The average molecular weight is 248 g/mol. The molecule has 1 aromatic heterocycles. The molecular formula is C7H9IN2. The molecule has 0 aromatic carbocycles. The maximum absolute atomic E-state index is 5.87. The standard InChI is InChI=1S/C7H9IN2/c8-10-4-3-5-1-2-6(9)7(5)10/h3-4,6H,1-2,9H2. The minimum absolute atomic E-state index is 0.280. The smallest absolute Gasteiger partial charge is 0.0637 e. The summed E-state index contributed by atoms with van der Waals surface area (Å²) in [6.07, 6.45) is 4.35. The second kappa shape index (κ2) is 2.23. The molecule has 1 aliphatic rings. The zero-order valence-corrected chi connectivity index (χ0v) is 7.71. The molecule has 1 atom stereocenters. The van der Waals surface area contributed by atoms with Crippen LogP contribution in [-0.2, 0) is 6.42 Å². The Morgan fingerprint density at radius 2 is 2.50 bits per heavy atom. The number of nitrogens with zero attached hydrogens (tertiary/aromatic N) is 1. The maximum atomic E-state index is 5.87. The first kappa shape index (κ1) is 6.67. The van der Waals surface area contributed by atoms with Crippen molar-refractivity contribution in [1.82, 2.24) is 2.78 Å². The van der Waals surface area contributed by atoms with Crippen LogP contribution in [0.4, 0.5) is 0 Å². The molecule has 0 saturated carbocycles. The summed E-state index contributed by atoms with van der Waals surface area (Å²) < 4.78 is 2.10. The van der Waals surface area contributed by atoms with Crippen molar-refractivity contribution in [2.24, 2.45) is 5.73 Å². The van der Waals surface area contributed by atoms with Crippen LogP contribution in [0.2, 0.25) is 0 Å². The van der Waals surface area contributed by atoms with E-state index in [-0.39, 0.29) is 6.04 Å². The summed E-state index contributed by atoms with van der Waals surface area (Å²) in [5.74, 6) is 0. The lowest BCUT2D eigenvalue weighted by Gasteiger charge is -2.03. The van der Waals surface area contributed by atoms with Gasteiger partial charge in [0.1, 0.15) is 0 Å². The van der Waals surface area contributed by atoms with Crippen molar-refractivity contribution in [2.45, 2.75) is 18.9 Å². The molecule has 0 radical (unpaired) electrons. The molecule has 2 N–H and O–H groups in total. The van der Waals surface area contributed by atoms with Gasteiger partial charge in [0.15, 0.2) is 0 Å². The van der Waals surface area contributed by atoms with Crippen molar-refractivity contribution in [2.75, 3.05) is 0 Å². The van der Waals surface area contributed by atoms with Crippen molar-refractivity contribution in [3.8, 4) is 0 Å². The van der Waals surface area contributed by atoms with Gasteiger partial charge in [-0.05, 0) is 24.5 Å². The van der Waals surface area contributed by atoms with Crippen LogP contribution in [0.1, 0.15) is 23.7 Å². The van der Waals surface area contributed by atoms with E-state index >= 15 is 0 Å². The molecule has 0 bridgehead atoms. The predicted octanol–water partition coefficient (Wildman–Crippen LogP) is 1.63. The Bertz CT molecular complexity index is 254. The van der Waals surface area contributed by atoms with Gasteiger partial charge in [-0.3, -0.25) is 2.78 Å². The second-order valence-corrected chi connectivity index (χ2v) is 3.72. The topological polar surface area (TPSA) is 30.9 Å². The Kier molecular flexibility index (Phi) is 1.49. The summed E-state index contributed by atoms with van der Waals surface area (Å²) in [6.45, 7) is 0. The molecule has 2 nitrogen and oxygen atoms in total. The minimum atomic E-state index is 0.280. The zero-order chi connectivity index (χ0) is 7.14. The van der Waals surface area contributed by atoms with Gasteiger partial charge in [0.05, 0.1) is 22.9 Å². The number of hydrogen-bond acceptors (Lipinski definition) is 1. The molecule has 1 heterocycles. The first-order valence-electron chi connectivity index (χ1n) is 3.41. The third kappa shape index (κ3) is 0.802. The Balaban J connectivity index is 2.54. The highest BCUT2D eigenvalue weighted by molar-refractivity contribution is 14.1. The van der Waals surface area contributed by atoms with Gasteiger partial charge in [0, 0.05) is 17.9 Å². The van der Waals surface area contributed by atoms with E-state index in [1.807, 2.05) is 0 Å². The number of halogens is 1. The number of rotatable bonds is 0. The van der Waals surface area contributed by atoms with Crippen LogP contribution >= 0.6 is 22.9 Å². The molecule has 1 unspecified atom stereocenters. The van der Waals surface area contributed by atoms with Crippen molar-refractivity contribution in [3.63, 3.8) is 0 Å². The number of hydrogen-bond donors (Lipinski definition) is 1. The first-order chi connectivity index (χ1) is 4.79. The lowest BCUT2D eigenvalue weighted by molar-refractivity contribution is 0.694. The summed E-state index contributed by atoms with van der Waals surface area (Å²) in [4.78, 5) is 0. The summed E-state index contributed by atoms with van der Waals surface area (Å²) in [5.41, 5.74) is 8.62. The van der Waals surface area contributed by atoms with Crippen LogP contribution in [0.5, 0.6) is 0 Å². The lowest BCUT2D eigenvalue weighted by atomic mass is 10.3. The first-order valence-corrected chi connectivity index (χ1v) is 4.37. The predicted molar refractivity (Wildman–Crippen MR) is 49.1 cm³/mol. The fourth-order valence-corrected chi connectivity index (χ4v) is 2.34. The number of aryl methyl sites for hydroxylation is 1. The van der Waals surface area contributed by atoms with Crippen LogP contribution < -0.4 is 5.73 Å². The van der Waals surface area contributed by atoms with Crippen LogP contribution in [0.3, 0.4) is 0 Å². The van der Waals surface area contributed by atoms with Gasteiger partial charge in [-0.1, -0.05) is 0 Å². The molecule has 0 aliphatic heterocycles. The highest BCUT2D eigenvalue weighted by Crippen LogP contribution is 2.30. The third-order valence-electron chi connectivity index (χ3n) is 2.04. The number of fused-ring (bicyclic) bond motifs is 1. The summed E-state index contributed by atoms with van der Waals surface area (Å²) in [6, 6.07) is 2.44. The van der Waals surface area contributed by atoms with Crippen molar-refractivity contribution in [3.05, 3.63) is 23.5 Å². The summed E-state index contributed by atoms with van der Waals surface area (Å²) in [7, 11) is 0. The molecular weight excluding hydrogens is 239 g/mol. The highest BCUT2D eigenvalue weighted by atomic mass is 127. The van der Waals surface area contributed by atoms with Crippen molar-refractivity contribution < 1.29 is 0 Å². The van der Waals surface area contributed by atoms with Crippen molar-refractivity contribution >= 4 is 22.9 Å². The second-order valence-electron chi connectivity index (χ2n) is 2.68. The SMILES string of the molecule is NC1CCc2ccn(I)c21. The summed E-state index contributed by atoms with van der Waals surface area (Å²) in [5, 5.41) is 0. The number of aromatic nitrogens is 1. The van der Waals surface area contributed by atoms with Crippen molar-refractivity contribution in [1.29, 1.82) is 0 Å². The van der Waals surface area contributed by atoms with E-state index < -0.39 is 0 Å². The lowest BCUT2D eigenvalue weighted by Crippen LogP contribution is -2.07. The van der Waals surface area contributed by atoms with Gasteiger partial charge < -0.3 is 5.73 Å². The monoisotopic (exact) mass is 248 g/mol. The van der Waals surface area contributed by atoms with Gasteiger partial charge in [-0.25, -0.2) is 0 Å². The number of nitrogens with two attached hydrogens (primary N) is 1. The molecule has 2 rings (SSSR count). The molecule has 0 amide bonds. The van der Waals surface area contributed by atoms with E-state index in [1.54, 1.807) is 0 Å². The zero-order valence-electron chi connectivity index (χ0n) is 5.55. The molecule has 1 aliphatic carbocycles. The molecule has 1 aromatic rings. The maximum Gasteiger partial charge on any atom is 0.0637 e. The average Bonchev–Trinajstić information content (AvgIpc) is 2.40. The quantitative estimate of drug-likeness (QED) is 0.695. The van der Waals surface area contributed by atoms with Gasteiger partial charge in [0.25, 0.3) is 0 Å². The van der Waals surface area contributed by atoms with Gasteiger partial charge in [-0.2, -0.15) is 0 Å². The summed E-state index contributed by atoms with van der Waals surface area (Å²) >= 11 is 2.27. The van der Waals surface area contributed by atoms with Gasteiger partial charge >= 0.3 is 0 Å². The van der Waals surface area contributed by atoms with Crippen LogP contribution in [0, 0.1) is 0 Å². The Labute approximate surface area is 73.9 Å². The minimum Gasteiger partial charge on any atom is -0.323 e. The van der Waals surface area contributed by atoms with Crippen LogP contribution in [0.15, 0.2) is 12.3 Å². The fourth-order valence-electron chi connectivity index (χ4n) is 1.51. The molecule has 54 valence electrons. The Morgan fingerprint density at radius 3 is 3.20 bits per heavy atom. The van der Waals surface area contributed by atoms with Gasteiger partial charge in [0.2, 0.25) is 0 Å². The van der Waals surface area contributed by atoms with Crippen LogP contribution in [0.25, 0.3) is 0 Å². The van der Waals surface area contributed by atoms with E-state index in [9.17, 15) is 0 Å². The molecule has 0 fully saturated rings. The fraction of sp³-hybridized carbons (Fsp3) is 0.429. The van der Waals surface area contributed by atoms with E-state index in [0.717, 1.165) is 12.8 Å². The van der Waals surface area contributed by atoms with E-state index in [4.69, 9.17) is 5.73 Å². The van der Waals surface area contributed by atoms with E-state index in [0.29, 0.717) is 0 Å². The molecule has 0 saturated heterocycles. The molecule has 0 spiro atoms. The normalized spacial score (nSPS) is 23.2. The van der Waals surface area contributed by atoms with E-state index in [1.165, 1.54) is 11.3 Å². The molecule has 10 heavy (non-hydrogen) atoms. The Hall–Kier alpha value is -0.0300. The molecule has 3 heteroatoms.